The number of hydrogen-bond acceptors (Lipinski definition) is 3. The molecule has 0 unspecified atom stereocenters. The number of piperidine rings is 1. The highest BCUT2D eigenvalue weighted by Gasteiger charge is 2.35. The molecule has 0 amide bonds. The van der Waals surface area contributed by atoms with Gasteiger partial charge in [-0.2, -0.15) is 0 Å². The number of likely N-dealkylation sites (tertiary alicyclic amines) is 1. The monoisotopic (exact) mass is 534 g/mol. The third-order valence-electron chi connectivity index (χ3n) is 6.31. The maximum Gasteiger partial charge on any atom is 0.191 e. The van der Waals surface area contributed by atoms with E-state index in [9.17, 15) is 0 Å². The van der Waals surface area contributed by atoms with Crippen molar-refractivity contribution in [3.05, 3.63) is 34.9 Å². The van der Waals surface area contributed by atoms with Crippen molar-refractivity contribution in [3.63, 3.8) is 0 Å². The minimum Gasteiger partial charge on any atom is -0.381 e. The topological polar surface area (TPSA) is 48.9 Å². The number of nitrogens with one attached hydrogen (secondary N) is 2. The first-order chi connectivity index (χ1) is 13.5. The van der Waals surface area contributed by atoms with Gasteiger partial charge in [0.05, 0.1) is 0 Å². The Hall–Kier alpha value is -0.570. The van der Waals surface area contributed by atoms with Crippen molar-refractivity contribution in [1.82, 2.24) is 15.5 Å². The van der Waals surface area contributed by atoms with Crippen LogP contribution in [0.2, 0.25) is 5.02 Å². The first-order valence-corrected chi connectivity index (χ1v) is 11.0. The van der Waals surface area contributed by atoms with Crippen molar-refractivity contribution in [1.29, 1.82) is 0 Å². The summed E-state index contributed by atoms with van der Waals surface area (Å²) in [6.45, 7) is 9.25. The fraction of sp³-hybridized carbons (Fsp3) is 0.682. The number of nitrogens with zero attached hydrogens (tertiary/aromatic N) is 2. The van der Waals surface area contributed by atoms with Crippen LogP contribution in [0.25, 0.3) is 0 Å². The zero-order valence-electron chi connectivity index (χ0n) is 17.9. The summed E-state index contributed by atoms with van der Waals surface area (Å²) < 4.78 is 5.65. The van der Waals surface area contributed by atoms with E-state index in [0.717, 1.165) is 69.5 Å². The Kier molecular flexibility index (Phi) is 9.98. The molecular weight excluding hydrogens is 499 g/mol. The minimum atomic E-state index is 0. The summed E-state index contributed by atoms with van der Waals surface area (Å²) in [4.78, 5) is 7.03. The Balaban J connectivity index is 0.00000300. The van der Waals surface area contributed by atoms with Crippen LogP contribution in [0.5, 0.6) is 0 Å². The van der Waals surface area contributed by atoms with Crippen molar-refractivity contribution in [3.8, 4) is 0 Å². The molecule has 0 spiro atoms. The predicted molar refractivity (Wildman–Crippen MR) is 133 cm³/mol. The highest BCUT2D eigenvalue weighted by Crippen LogP contribution is 2.35. The lowest BCUT2D eigenvalue weighted by atomic mass is 9.74. The summed E-state index contributed by atoms with van der Waals surface area (Å²) >= 11 is 6.29. The van der Waals surface area contributed by atoms with E-state index in [2.05, 4.69) is 46.5 Å². The van der Waals surface area contributed by atoms with E-state index < -0.39 is 0 Å². The van der Waals surface area contributed by atoms with Crippen LogP contribution in [0.3, 0.4) is 0 Å². The largest absolute Gasteiger partial charge is 0.381 e. The van der Waals surface area contributed by atoms with Gasteiger partial charge < -0.3 is 20.3 Å². The minimum absolute atomic E-state index is 0. The average molecular weight is 535 g/mol. The summed E-state index contributed by atoms with van der Waals surface area (Å²) in [5.41, 5.74) is 1.32. The molecule has 0 aromatic heterocycles. The molecule has 5 nitrogen and oxygen atoms in total. The molecule has 2 fully saturated rings. The number of rotatable bonds is 5. The van der Waals surface area contributed by atoms with Gasteiger partial charge in [-0.25, -0.2) is 0 Å². The van der Waals surface area contributed by atoms with E-state index in [1.54, 1.807) is 0 Å². The number of aliphatic imine (C=N–C) groups is 1. The molecule has 164 valence electrons. The molecule has 3 rings (SSSR count). The highest BCUT2D eigenvalue weighted by atomic mass is 127. The lowest BCUT2D eigenvalue weighted by molar-refractivity contribution is 0.0513. The van der Waals surface area contributed by atoms with E-state index in [0.29, 0.717) is 12.1 Å². The van der Waals surface area contributed by atoms with Crippen molar-refractivity contribution < 1.29 is 4.74 Å². The Morgan fingerprint density at radius 3 is 2.55 bits per heavy atom. The molecule has 29 heavy (non-hydrogen) atoms. The van der Waals surface area contributed by atoms with Crippen molar-refractivity contribution in [2.24, 2.45) is 4.99 Å². The van der Waals surface area contributed by atoms with Gasteiger partial charge in [0.1, 0.15) is 0 Å². The van der Waals surface area contributed by atoms with Crippen LogP contribution in [0.4, 0.5) is 0 Å². The number of guanidine groups is 1. The standard InChI is InChI=1S/C22H35ClN4O.HI/c1-17(2)27-11-7-20(8-12-27)26-21(24-3)25-16-22(9-13-28-14-10-22)18-5-4-6-19(23)15-18;/h4-6,15,17,20H,7-14,16H2,1-3H3,(H2,24,25,26);1H. The van der Waals surface area contributed by atoms with E-state index in [1.165, 1.54) is 5.56 Å². The number of halogens is 2. The molecule has 0 bridgehead atoms. The maximum absolute atomic E-state index is 6.29. The zero-order chi connectivity index (χ0) is 20.0. The quantitative estimate of drug-likeness (QED) is 0.340. The van der Waals surface area contributed by atoms with Gasteiger partial charge in [-0.15, -0.1) is 24.0 Å². The second kappa shape index (κ2) is 11.7. The summed E-state index contributed by atoms with van der Waals surface area (Å²) in [6.07, 6.45) is 4.30. The first-order valence-electron chi connectivity index (χ1n) is 10.6. The van der Waals surface area contributed by atoms with Crippen LogP contribution < -0.4 is 10.6 Å². The second-order valence-corrected chi connectivity index (χ2v) is 8.81. The van der Waals surface area contributed by atoms with Crippen LogP contribution in [0.15, 0.2) is 29.3 Å². The van der Waals surface area contributed by atoms with Crippen LogP contribution in [0, 0.1) is 0 Å². The van der Waals surface area contributed by atoms with Gasteiger partial charge in [-0.3, -0.25) is 4.99 Å². The Bertz CT molecular complexity index is 656. The zero-order valence-corrected chi connectivity index (χ0v) is 21.0. The molecule has 0 aliphatic carbocycles. The molecule has 1 aromatic carbocycles. The molecule has 2 saturated heterocycles. The van der Waals surface area contributed by atoms with E-state index in [4.69, 9.17) is 16.3 Å². The van der Waals surface area contributed by atoms with Gasteiger partial charge in [-0.05, 0) is 57.2 Å². The van der Waals surface area contributed by atoms with E-state index >= 15 is 0 Å². The summed E-state index contributed by atoms with van der Waals surface area (Å²) in [5, 5.41) is 8.04. The number of benzene rings is 1. The molecule has 0 radical (unpaired) electrons. The second-order valence-electron chi connectivity index (χ2n) is 8.38. The Morgan fingerprint density at radius 1 is 1.28 bits per heavy atom. The highest BCUT2D eigenvalue weighted by molar-refractivity contribution is 14.0. The molecule has 0 saturated carbocycles. The lowest BCUT2D eigenvalue weighted by Gasteiger charge is -2.39. The van der Waals surface area contributed by atoms with Crippen LogP contribution in [-0.4, -0.2) is 62.8 Å². The maximum atomic E-state index is 6.29. The van der Waals surface area contributed by atoms with Gasteiger partial charge in [0.25, 0.3) is 0 Å². The average Bonchev–Trinajstić information content (AvgIpc) is 2.72. The third kappa shape index (κ3) is 6.71. The SMILES string of the molecule is CN=C(NCC1(c2cccc(Cl)c2)CCOCC1)NC1CCN(C(C)C)CC1.I. The fourth-order valence-electron chi connectivity index (χ4n) is 4.35. The van der Waals surface area contributed by atoms with Crippen molar-refractivity contribution in [2.75, 3.05) is 39.9 Å². The summed E-state index contributed by atoms with van der Waals surface area (Å²) in [6, 6.07) is 9.39. The van der Waals surface area contributed by atoms with Gasteiger partial charge in [0.15, 0.2) is 5.96 Å². The van der Waals surface area contributed by atoms with Crippen molar-refractivity contribution in [2.45, 2.75) is 57.0 Å². The van der Waals surface area contributed by atoms with Crippen LogP contribution in [-0.2, 0) is 10.2 Å². The predicted octanol–water partition coefficient (Wildman–Crippen LogP) is 4.04. The molecule has 2 heterocycles. The van der Waals surface area contributed by atoms with E-state index in [-0.39, 0.29) is 29.4 Å². The Morgan fingerprint density at radius 2 is 1.97 bits per heavy atom. The molecule has 2 N–H and O–H groups in total. The molecule has 1 aromatic rings. The van der Waals surface area contributed by atoms with Gasteiger partial charge >= 0.3 is 0 Å². The Labute approximate surface area is 198 Å². The van der Waals surface area contributed by atoms with Gasteiger partial charge in [-0.1, -0.05) is 23.7 Å². The number of ether oxygens (including phenoxy) is 1. The number of hydrogen-bond donors (Lipinski definition) is 2. The molecule has 2 aliphatic rings. The van der Waals surface area contributed by atoms with Gasteiger partial charge in [0.2, 0.25) is 0 Å². The fourth-order valence-corrected chi connectivity index (χ4v) is 4.54. The van der Waals surface area contributed by atoms with Crippen molar-refractivity contribution >= 4 is 41.5 Å². The summed E-state index contributed by atoms with van der Waals surface area (Å²) in [5.74, 6) is 0.899. The normalized spacial score (nSPS) is 20.9. The molecule has 2 aliphatic heterocycles. The summed E-state index contributed by atoms with van der Waals surface area (Å²) in [7, 11) is 1.86. The molecular formula is C22H36ClIN4O. The first kappa shape index (κ1) is 24.7. The smallest absolute Gasteiger partial charge is 0.191 e. The molecule has 7 heteroatoms. The van der Waals surface area contributed by atoms with Crippen LogP contribution in [0.1, 0.15) is 45.1 Å². The molecule has 0 atom stereocenters. The third-order valence-corrected chi connectivity index (χ3v) is 6.54. The lowest BCUT2D eigenvalue weighted by Crippen LogP contribution is -2.52. The van der Waals surface area contributed by atoms with Crippen LogP contribution >= 0.6 is 35.6 Å². The van der Waals surface area contributed by atoms with Gasteiger partial charge in [0, 0.05) is 62.4 Å². The van der Waals surface area contributed by atoms with E-state index in [1.807, 2.05) is 19.2 Å².